The van der Waals surface area contributed by atoms with Crippen LogP contribution in [0.4, 0.5) is 0 Å². The summed E-state index contributed by atoms with van der Waals surface area (Å²) < 4.78 is 44.3. The standard InChI is InChI=1S/C31H32N2O6S/c1-37-28-18-13-23(21-29(28)38-2)19-20-32-40(35,36)27-16-14-26(15-17-27)39-22-30(34)33-31(24-9-5-3-6-10-24)25-11-7-4-8-12-25/h3-18,21,31-32H,19-20,22H2,1-2H3,(H,33,34). The number of carbonyl (C=O) groups excluding carboxylic acids is 1. The molecule has 4 aromatic carbocycles. The maximum Gasteiger partial charge on any atom is 0.258 e. The zero-order valence-corrected chi connectivity index (χ0v) is 23.2. The highest BCUT2D eigenvalue weighted by molar-refractivity contribution is 7.89. The summed E-state index contributed by atoms with van der Waals surface area (Å²) in [7, 11) is -0.613. The summed E-state index contributed by atoms with van der Waals surface area (Å²) in [5.41, 5.74) is 2.81. The van der Waals surface area contributed by atoms with E-state index in [0.29, 0.717) is 23.7 Å². The molecule has 4 aromatic rings. The maximum absolute atomic E-state index is 12.8. The molecule has 8 nitrogen and oxygen atoms in total. The Balaban J connectivity index is 1.31. The molecule has 9 heteroatoms. The predicted molar refractivity (Wildman–Crippen MR) is 153 cm³/mol. The number of methoxy groups -OCH3 is 2. The second kappa shape index (κ2) is 13.6. The summed E-state index contributed by atoms with van der Waals surface area (Å²) in [5, 5.41) is 3.02. The first kappa shape index (κ1) is 28.7. The van der Waals surface area contributed by atoms with Crippen LogP contribution in [0.3, 0.4) is 0 Å². The quantitative estimate of drug-likeness (QED) is 0.250. The van der Waals surface area contributed by atoms with Crippen molar-refractivity contribution in [3.63, 3.8) is 0 Å². The molecule has 0 spiro atoms. The Morgan fingerprint density at radius 2 is 1.38 bits per heavy atom. The maximum atomic E-state index is 12.8. The smallest absolute Gasteiger partial charge is 0.258 e. The van der Waals surface area contributed by atoms with E-state index >= 15 is 0 Å². The van der Waals surface area contributed by atoms with Gasteiger partial charge in [0.1, 0.15) is 5.75 Å². The van der Waals surface area contributed by atoms with Crippen LogP contribution in [-0.4, -0.2) is 41.7 Å². The lowest BCUT2D eigenvalue weighted by atomic mass is 9.99. The fraction of sp³-hybridized carbons (Fsp3) is 0.194. The molecule has 0 unspecified atom stereocenters. The van der Waals surface area contributed by atoms with Crippen LogP contribution in [-0.2, 0) is 21.2 Å². The summed E-state index contributed by atoms with van der Waals surface area (Å²) in [6, 6.07) is 30.5. The van der Waals surface area contributed by atoms with Crippen molar-refractivity contribution in [2.45, 2.75) is 17.4 Å². The van der Waals surface area contributed by atoms with E-state index in [9.17, 15) is 13.2 Å². The van der Waals surface area contributed by atoms with Crippen molar-refractivity contribution < 1.29 is 27.4 Å². The van der Waals surface area contributed by atoms with Gasteiger partial charge in [0.05, 0.1) is 25.2 Å². The topological polar surface area (TPSA) is 103 Å². The highest BCUT2D eigenvalue weighted by Crippen LogP contribution is 2.27. The molecule has 1 amide bonds. The van der Waals surface area contributed by atoms with Gasteiger partial charge in [0, 0.05) is 6.54 Å². The molecule has 0 atom stereocenters. The third-order valence-corrected chi connectivity index (χ3v) is 7.71. The minimum Gasteiger partial charge on any atom is -0.493 e. The third-order valence-electron chi connectivity index (χ3n) is 6.23. The molecule has 0 saturated heterocycles. The van der Waals surface area contributed by atoms with Crippen molar-refractivity contribution in [2.24, 2.45) is 0 Å². The molecular weight excluding hydrogens is 528 g/mol. The molecule has 0 aliphatic heterocycles. The van der Waals surface area contributed by atoms with E-state index < -0.39 is 10.0 Å². The Kier molecular flexibility index (Phi) is 9.77. The molecule has 0 fully saturated rings. The van der Waals surface area contributed by atoms with Crippen LogP contribution in [0, 0.1) is 0 Å². The lowest BCUT2D eigenvalue weighted by molar-refractivity contribution is -0.123. The van der Waals surface area contributed by atoms with Crippen LogP contribution >= 0.6 is 0 Å². The normalized spacial score (nSPS) is 11.2. The molecule has 0 saturated carbocycles. The first-order valence-corrected chi connectivity index (χ1v) is 14.2. The van der Waals surface area contributed by atoms with Crippen molar-refractivity contribution in [1.82, 2.24) is 10.0 Å². The zero-order chi connectivity index (χ0) is 28.4. The van der Waals surface area contributed by atoms with Gasteiger partial charge in [-0.2, -0.15) is 0 Å². The summed E-state index contributed by atoms with van der Waals surface area (Å²) >= 11 is 0. The molecule has 0 aliphatic rings. The number of benzene rings is 4. The van der Waals surface area contributed by atoms with Crippen LogP contribution in [0.15, 0.2) is 108 Å². The number of nitrogens with one attached hydrogen (secondary N) is 2. The van der Waals surface area contributed by atoms with Gasteiger partial charge in [-0.05, 0) is 59.5 Å². The summed E-state index contributed by atoms with van der Waals surface area (Å²) in [4.78, 5) is 12.9. The van der Waals surface area contributed by atoms with Gasteiger partial charge in [0.15, 0.2) is 18.1 Å². The SMILES string of the molecule is COc1ccc(CCNS(=O)(=O)c2ccc(OCC(=O)NC(c3ccccc3)c3ccccc3)cc2)cc1OC. The molecule has 0 radical (unpaired) electrons. The fourth-order valence-corrected chi connectivity index (χ4v) is 5.20. The molecule has 2 N–H and O–H groups in total. The molecule has 208 valence electrons. The number of amides is 1. The first-order chi connectivity index (χ1) is 19.4. The lowest BCUT2D eigenvalue weighted by Crippen LogP contribution is -2.33. The predicted octanol–water partition coefficient (Wildman–Crippen LogP) is 4.51. The zero-order valence-electron chi connectivity index (χ0n) is 22.4. The van der Waals surface area contributed by atoms with Gasteiger partial charge in [-0.25, -0.2) is 13.1 Å². The molecule has 0 aliphatic carbocycles. The van der Waals surface area contributed by atoms with E-state index in [1.165, 1.54) is 24.3 Å². The van der Waals surface area contributed by atoms with Crippen LogP contribution in [0.25, 0.3) is 0 Å². The molecule has 4 rings (SSSR count). The van der Waals surface area contributed by atoms with E-state index in [-0.39, 0.29) is 30.0 Å². The van der Waals surface area contributed by atoms with Gasteiger partial charge < -0.3 is 19.5 Å². The van der Waals surface area contributed by atoms with Crippen LogP contribution in [0.1, 0.15) is 22.7 Å². The number of hydrogen-bond donors (Lipinski definition) is 2. The Labute approximate surface area is 235 Å². The highest BCUT2D eigenvalue weighted by Gasteiger charge is 2.18. The number of sulfonamides is 1. The first-order valence-electron chi connectivity index (χ1n) is 12.7. The van der Waals surface area contributed by atoms with Crippen LogP contribution < -0.4 is 24.2 Å². The average molecular weight is 561 g/mol. The summed E-state index contributed by atoms with van der Waals surface area (Å²) in [6.45, 7) is -0.00787. The molecule has 40 heavy (non-hydrogen) atoms. The van der Waals surface area contributed by atoms with Gasteiger partial charge in [0.25, 0.3) is 5.91 Å². The number of rotatable bonds is 13. The minimum absolute atomic E-state index is 0.102. The Bertz CT molecular complexity index is 1450. The Morgan fingerprint density at radius 3 is 1.95 bits per heavy atom. The molecule has 0 heterocycles. The van der Waals surface area contributed by atoms with Crippen LogP contribution in [0.5, 0.6) is 17.2 Å². The second-order valence-corrected chi connectivity index (χ2v) is 10.7. The van der Waals surface area contributed by atoms with Gasteiger partial charge in [-0.3, -0.25) is 4.79 Å². The monoisotopic (exact) mass is 560 g/mol. The Morgan fingerprint density at radius 1 is 0.775 bits per heavy atom. The van der Waals surface area contributed by atoms with E-state index in [1.54, 1.807) is 20.3 Å². The van der Waals surface area contributed by atoms with E-state index in [0.717, 1.165) is 16.7 Å². The van der Waals surface area contributed by atoms with Crippen LogP contribution in [0.2, 0.25) is 0 Å². The molecule has 0 bridgehead atoms. The molecule has 0 aromatic heterocycles. The lowest BCUT2D eigenvalue weighted by Gasteiger charge is -2.20. The fourth-order valence-electron chi connectivity index (χ4n) is 4.17. The van der Waals surface area contributed by atoms with E-state index in [1.807, 2.05) is 72.8 Å². The van der Waals surface area contributed by atoms with Gasteiger partial charge in [-0.15, -0.1) is 0 Å². The van der Waals surface area contributed by atoms with Crippen molar-refractivity contribution >= 4 is 15.9 Å². The highest BCUT2D eigenvalue weighted by atomic mass is 32.2. The number of ether oxygens (including phenoxy) is 3. The summed E-state index contributed by atoms with van der Waals surface area (Å²) in [5.74, 6) is 1.28. The van der Waals surface area contributed by atoms with Gasteiger partial charge in [0.2, 0.25) is 10.0 Å². The van der Waals surface area contributed by atoms with Crippen molar-refractivity contribution in [3.05, 3.63) is 120 Å². The van der Waals surface area contributed by atoms with E-state index in [2.05, 4.69) is 10.0 Å². The summed E-state index contributed by atoms with van der Waals surface area (Å²) in [6.07, 6.45) is 0.475. The molecular formula is C31H32N2O6S. The van der Waals surface area contributed by atoms with E-state index in [4.69, 9.17) is 14.2 Å². The van der Waals surface area contributed by atoms with Gasteiger partial charge >= 0.3 is 0 Å². The van der Waals surface area contributed by atoms with Gasteiger partial charge in [-0.1, -0.05) is 66.7 Å². The average Bonchev–Trinajstić information content (AvgIpc) is 2.99. The second-order valence-electron chi connectivity index (χ2n) is 8.92. The number of hydrogen-bond acceptors (Lipinski definition) is 6. The van der Waals surface area contributed by atoms with Crippen molar-refractivity contribution in [3.8, 4) is 17.2 Å². The third kappa shape index (κ3) is 7.62. The Hall–Kier alpha value is -4.34. The van der Waals surface area contributed by atoms with Crippen molar-refractivity contribution in [1.29, 1.82) is 0 Å². The number of carbonyl (C=O) groups is 1. The van der Waals surface area contributed by atoms with Crippen molar-refractivity contribution in [2.75, 3.05) is 27.4 Å². The minimum atomic E-state index is -3.72. The largest absolute Gasteiger partial charge is 0.493 e.